The molecule has 196 valence electrons. The summed E-state index contributed by atoms with van der Waals surface area (Å²) in [5.41, 5.74) is 2.17. The quantitative estimate of drug-likeness (QED) is 0.426. The molecule has 1 fully saturated rings. The van der Waals surface area contributed by atoms with Crippen LogP contribution >= 0.6 is 0 Å². The number of aromatic nitrogens is 2. The molecule has 2 aliphatic heterocycles. The van der Waals surface area contributed by atoms with E-state index in [0.717, 1.165) is 37.3 Å². The Morgan fingerprint density at radius 2 is 1.84 bits per heavy atom. The van der Waals surface area contributed by atoms with E-state index in [0.29, 0.717) is 29.8 Å². The van der Waals surface area contributed by atoms with Crippen molar-refractivity contribution in [1.82, 2.24) is 20.2 Å². The van der Waals surface area contributed by atoms with Crippen LogP contribution in [-0.2, 0) is 17.8 Å². The average Bonchev–Trinajstić information content (AvgIpc) is 2.89. The number of hydrogen-bond acceptors (Lipinski definition) is 8. The monoisotopic (exact) mass is 507 g/mol. The van der Waals surface area contributed by atoms with E-state index in [9.17, 15) is 19.8 Å². The van der Waals surface area contributed by atoms with Gasteiger partial charge in [-0.1, -0.05) is 31.2 Å². The average molecular weight is 508 g/mol. The van der Waals surface area contributed by atoms with Crippen molar-refractivity contribution in [3.8, 4) is 5.75 Å². The van der Waals surface area contributed by atoms with Crippen LogP contribution < -0.4 is 5.32 Å². The molecular weight excluding hydrogens is 474 g/mol. The summed E-state index contributed by atoms with van der Waals surface area (Å²) in [6, 6.07) is 8.00. The largest absolute Gasteiger partial charge is 0.504 e. The van der Waals surface area contributed by atoms with Crippen molar-refractivity contribution in [2.24, 2.45) is 16.8 Å². The van der Waals surface area contributed by atoms with Gasteiger partial charge in [0.15, 0.2) is 11.4 Å². The van der Waals surface area contributed by atoms with Gasteiger partial charge < -0.3 is 25.5 Å². The predicted molar refractivity (Wildman–Crippen MR) is 137 cm³/mol. The van der Waals surface area contributed by atoms with E-state index in [1.807, 2.05) is 18.3 Å². The fourth-order valence-electron chi connectivity index (χ4n) is 4.83. The number of likely N-dealkylation sites (tertiary alicyclic amines) is 1. The second-order valence-electron chi connectivity index (χ2n) is 9.72. The second kappa shape index (κ2) is 11.5. The number of aryl methyl sites for hydroxylation is 1. The molecule has 0 saturated carbocycles. The highest BCUT2D eigenvalue weighted by atomic mass is 16.4. The number of nitrogens with one attached hydrogen (secondary N) is 1. The molecule has 2 atom stereocenters. The number of carboxylic acid groups (broad SMARTS) is 1. The molecular formula is C27H33N5O5. The number of benzene rings is 1. The minimum absolute atomic E-state index is 0.0381. The molecule has 1 unspecified atom stereocenters. The van der Waals surface area contributed by atoms with Crippen LogP contribution in [0.5, 0.6) is 5.75 Å². The normalized spacial score (nSPS) is 20.0. The van der Waals surface area contributed by atoms with Gasteiger partial charge in [-0.15, -0.1) is 0 Å². The topological polar surface area (TPSA) is 148 Å². The number of amides is 1. The summed E-state index contributed by atoms with van der Waals surface area (Å²) in [5, 5.41) is 30.5. The lowest BCUT2D eigenvalue weighted by Gasteiger charge is -2.35. The van der Waals surface area contributed by atoms with Gasteiger partial charge in [0, 0.05) is 31.6 Å². The van der Waals surface area contributed by atoms with Gasteiger partial charge in [0.25, 0.3) is 5.91 Å². The van der Waals surface area contributed by atoms with Crippen molar-refractivity contribution >= 4 is 18.1 Å². The summed E-state index contributed by atoms with van der Waals surface area (Å²) in [6.45, 7) is 4.97. The van der Waals surface area contributed by atoms with Crippen molar-refractivity contribution in [2.75, 3.05) is 19.6 Å². The second-order valence-corrected chi connectivity index (χ2v) is 9.72. The molecule has 1 aromatic carbocycles. The summed E-state index contributed by atoms with van der Waals surface area (Å²) in [7, 11) is 0. The van der Waals surface area contributed by atoms with Crippen LogP contribution in [0, 0.1) is 18.8 Å². The third kappa shape index (κ3) is 6.32. The Kier molecular flexibility index (Phi) is 8.17. The Bertz CT molecular complexity index is 1200. The van der Waals surface area contributed by atoms with E-state index in [1.165, 1.54) is 5.56 Å². The van der Waals surface area contributed by atoms with Crippen LogP contribution in [0.15, 0.2) is 41.2 Å². The molecule has 0 radical (unpaired) electrons. The molecule has 1 aromatic heterocycles. The maximum Gasteiger partial charge on any atom is 0.322 e. The fourth-order valence-corrected chi connectivity index (χ4v) is 4.83. The van der Waals surface area contributed by atoms with Gasteiger partial charge >= 0.3 is 5.97 Å². The molecule has 4 N–H and O–H groups in total. The first-order valence-electron chi connectivity index (χ1n) is 12.5. The predicted octanol–water partition coefficient (Wildman–Crippen LogP) is 2.40. The standard InChI is InChI=1S/C27H33N5O5/c1-16-11-23(28-13-21(16)20-5-3-19(15-33)4-6-20)32-9-7-18(8-10-32)12-22-30-17(2)26(36)25(31-22)27(37)29-14-24(34)35/h3-6,11,13,16,18,21,33,36H,7-10,12,14-15H2,1-2H3,(H,29,37)(H,34,35)/t16-,21?/m1/s1. The zero-order valence-electron chi connectivity index (χ0n) is 21.1. The number of aliphatic carboxylic acids is 1. The summed E-state index contributed by atoms with van der Waals surface area (Å²) in [6.07, 6.45) is 6.64. The van der Waals surface area contributed by atoms with Gasteiger partial charge in [-0.05, 0) is 48.8 Å². The lowest BCUT2D eigenvalue weighted by molar-refractivity contribution is -0.135. The lowest BCUT2D eigenvalue weighted by atomic mass is 9.86. The van der Waals surface area contributed by atoms with Gasteiger partial charge in [0.1, 0.15) is 18.2 Å². The summed E-state index contributed by atoms with van der Waals surface area (Å²) in [5.74, 6) is 0.0231. The number of aliphatic imine (C=N–C) groups is 1. The number of carbonyl (C=O) groups is 2. The number of rotatable bonds is 8. The number of hydrogen-bond donors (Lipinski definition) is 4. The van der Waals surface area contributed by atoms with Crippen LogP contribution in [0.4, 0.5) is 0 Å². The zero-order valence-corrected chi connectivity index (χ0v) is 21.1. The molecule has 0 spiro atoms. The molecule has 4 rings (SSSR count). The van der Waals surface area contributed by atoms with Gasteiger partial charge in [0.05, 0.1) is 12.3 Å². The molecule has 0 bridgehead atoms. The number of carboxylic acids is 1. The molecule has 1 amide bonds. The van der Waals surface area contributed by atoms with E-state index < -0.39 is 18.4 Å². The molecule has 1 saturated heterocycles. The Balaban J connectivity index is 1.35. The Morgan fingerprint density at radius 1 is 1.14 bits per heavy atom. The SMILES string of the molecule is Cc1nc(CC2CCN(C3=C[C@@H](C)C(c4ccc(CO)cc4)C=N3)CC2)nc(C(=O)NCC(=O)O)c1O. The summed E-state index contributed by atoms with van der Waals surface area (Å²) < 4.78 is 0. The van der Waals surface area contributed by atoms with Crippen LogP contribution in [0.2, 0.25) is 0 Å². The van der Waals surface area contributed by atoms with Crippen LogP contribution in [0.25, 0.3) is 0 Å². The highest BCUT2D eigenvalue weighted by Crippen LogP contribution is 2.32. The van der Waals surface area contributed by atoms with E-state index >= 15 is 0 Å². The lowest BCUT2D eigenvalue weighted by Crippen LogP contribution is -2.35. The highest BCUT2D eigenvalue weighted by molar-refractivity contribution is 5.96. The van der Waals surface area contributed by atoms with Crippen molar-refractivity contribution in [2.45, 2.75) is 45.6 Å². The zero-order chi connectivity index (χ0) is 26.5. The highest BCUT2D eigenvalue weighted by Gasteiger charge is 2.27. The number of allylic oxidation sites excluding steroid dienone is 1. The Morgan fingerprint density at radius 3 is 2.46 bits per heavy atom. The van der Waals surface area contributed by atoms with Crippen LogP contribution in [0.3, 0.4) is 0 Å². The molecule has 10 nitrogen and oxygen atoms in total. The first kappa shape index (κ1) is 26.3. The minimum Gasteiger partial charge on any atom is -0.504 e. The van der Waals surface area contributed by atoms with Crippen molar-refractivity contribution < 1.29 is 24.9 Å². The van der Waals surface area contributed by atoms with Crippen molar-refractivity contribution in [1.29, 1.82) is 0 Å². The van der Waals surface area contributed by atoms with E-state index in [-0.39, 0.29) is 24.0 Å². The maximum absolute atomic E-state index is 12.3. The summed E-state index contributed by atoms with van der Waals surface area (Å²) >= 11 is 0. The third-order valence-corrected chi connectivity index (χ3v) is 7.02. The van der Waals surface area contributed by atoms with Crippen molar-refractivity contribution in [3.63, 3.8) is 0 Å². The smallest absolute Gasteiger partial charge is 0.322 e. The number of piperidine rings is 1. The molecule has 2 aliphatic rings. The van der Waals surface area contributed by atoms with Gasteiger partial charge in [-0.3, -0.25) is 9.59 Å². The first-order chi connectivity index (χ1) is 17.7. The fraction of sp³-hybridized carbons (Fsp3) is 0.444. The molecule has 3 heterocycles. The van der Waals surface area contributed by atoms with Crippen LogP contribution in [-0.4, -0.2) is 67.9 Å². The molecule has 0 aliphatic carbocycles. The van der Waals surface area contributed by atoms with Gasteiger partial charge in [-0.25, -0.2) is 15.0 Å². The molecule has 10 heteroatoms. The van der Waals surface area contributed by atoms with Crippen molar-refractivity contribution in [3.05, 3.63) is 64.5 Å². The van der Waals surface area contributed by atoms with E-state index in [1.54, 1.807) is 6.92 Å². The Labute approximate surface area is 215 Å². The minimum atomic E-state index is -1.18. The summed E-state index contributed by atoms with van der Waals surface area (Å²) in [4.78, 5) is 38.7. The Hall–Kier alpha value is -3.79. The first-order valence-corrected chi connectivity index (χ1v) is 12.5. The number of aromatic hydroxyl groups is 1. The molecule has 2 aromatic rings. The van der Waals surface area contributed by atoms with E-state index in [2.05, 4.69) is 45.3 Å². The van der Waals surface area contributed by atoms with Gasteiger partial charge in [-0.2, -0.15) is 0 Å². The maximum atomic E-state index is 12.3. The number of carbonyl (C=O) groups excluding carboxylic acids is 1. The third-order valence-electron chi connectivity index (χ3n) is 7.02. The van der Waals surface area contributed by atoms with Crippen LogP contribution in [0.1, 0.15) is 58.8 Å². The van der Waals surface area contributed by atoms with Gasteiger partial charge in [0.2, 0.25) is 0 Å². The number of aliphatic hydroxyl groups excluding tert-OH is 1. The van der Waals surface area contributed by atoms with E-state index in [4.69, 9.17) is 10.1 Å². The number of nitrogens with zero attached hydrogens (tertiary/aromatic N) is 4. The number of aliphatic hydroxyl groups is 1. The molecule has 37 heavy (non-hydrogen) atoms.